The van der Waals surface area contributed by atoms with E-state index in [0.29, 0.717) is 33.5 Å². The van der Waals surface area contributed by atoms with Crippen molar-refractivity contribution in [1.82, 2.24) is 0 Å². The molecule has 6 heteroatoms. The van der Waals surface area contributed by atoms with E-state index in [-0.39, 0.29) is 13.2 Å². The molecular formula is C21H22N2O4. The van der Waals surface area contributed by atoms with Gasteiger partial charge in [-0.1, -0.05) is 12.1 Å². The highest BCUT2D eigenvalue weighted by atomic mass is 16.5. The lowest BCUT2D eigenvalue weighted by atomic mass is 10.1. The smallest absolute Gasteiger partial charge is 0.340 e. The van der Waals surface area contributed by atoms with Crippen molar-refractivity contribution in [3.05, 3.63) is 41.0 Å². The molecule has 1 aliphatic heterocycles. The summed E-state index contributed by atoms with van der Waals surface area (Å²) in [4.78, 5) is 27.7. The number of carbonyl (C=O) groups is 2. The average Bonchev–Trinajstić information content (AvgIpc) is 3.23. The van der Waals surface area contributed by atoms with Crippen LogP contribution in [0.1, 0.15) is 53.0 Å². The molecule has 0 spiro atoms. The third-order valence-corrected chi connectivity index (χ3v) is 4.67. The third-order valence-electron chi connectivity index (χ3n) is 4.67. The van der Waals surface area contributed by atoms with Crippen molar-refractivity contribution >= 4 is 17.6 Å². The summed E-state index contributed by atoms with van der Waals surface area (Å²) >= 11 is 0. The zero-order valence-corrected chi connectivity index (χ0v) is 15.6. The first kappa shape index (κ1) is 18.7. The number of esters is 2. The van der Waals surface area contributed by atoms with E-state index in [1.54, 1.807) is 38.1 Å². The van der Waals surface area contributed by atoms with Crippen molar-refractivity contribution in [1.29, 1.82) is 5.26 Å². The van der Waals surface area contributed by atoms with Gasteiger partial charge in [0.05, 0.1) is 41.7 Å². The molecule has 6 nitrogen and oxygen atoms in total. The number of hydrogen-bond donors (Lipinski definition) is 0. The van der Waals surface area contributed by atoms with Crippen LogP contribution in [0.15, 0.2) is 24.3 Å². The average molecular weight is 366 g/mol. The Bertz CT molecular complexity index is 823. The number of carbonyl (C=O) groups excluding carboxylic acids is 2. The maximum Gasteiger partial charge on any atom is 0.340 e. The summed E-state index contributed by atoms with van der Waals surface area (Å²) in [6.07, 6.45) is 2.00. The maximum atomic E-state index is 12.8. The molecule has 0 saturated carbocycles. The standard InChI is InChI=1S/C21H22N2O4/c1-3-26-20(24)17-15-9-7-14(13-22)8-10-16(15)18(21(25)27-4-2)19(17)23-11-5-6-12-23/h7-10H,3-6,11-12H2,1-2H3. The topological polar surface area (TPSA) is 79.6 Å². The van der Waals surface area contributed by atoms with Gasteiger partial charge in [-0.15, -0.1) is 0 Å². The van der Waals surface area contributed by atoms with Gasteiger partial charge in [-0.3, -0.25) is 0 Å². The van der Waals surface area contributed by atoms with Gasteiger partial charge in [0.25, 0.3) is 0 Å². The molecule has 0 bridgehead atoms. The Hall–Kier alpha value is -3.07. The van der Waals surface area contributed by atoms with Crippen LogP contribution in [0.5, 0.6) is 0 Å². The van der Waals surface area contributed by atoms with Crippen molar-refractivity contribution < 1.29 is 19.1 Å². The van der Waals surface area contributed by atoms with Gasteiger partial charge < -0.3 is 14.4 Å². The van der Waals surface area contributed by atoms with E-state index < -0.39 is 11.9 Å². The minimum Gasteiger partial charge on any atom is -0.462 e. The van der Waals surface area contributed by atoms with E-state index >= 15 is 0 Å². The number of nitrogens with zero attached hydrogens (tertiary/aromatic N) is 2. The van der Waals surface area contributed by atoms with Gasteiger partial charge in [0.2, 0.25) is 0 Å². The molecule has 1 fully saturated rings. The molecule has 0 N–H and O–H groups in total. The Morgan fingerprint density at radius 1 is 0.963 bits per heavy atom. The second-order valence-corrected chi connectivity index (χ2v) is 6.29. The third kappa shape index (κ3) is 3.45. The molecule has 3 rings (SSSR count). The van der Waals surface area contributed by atoms with Crippen LogP contribution in [0.4, 0.5) is 5.69 Å². The summed E-state index contributed by atoms with van der Waals surface area (Å²) < 4.78 is 10.6. The Kier molecular flexibility index (Phi) is 5.60. The Morgan fingerprint density at radius 2 is 1.44 bits per heavy atom. The molecular weight excluding hydrogens is 344 g/mol. The van der Waals surface area contributed by atoms with Crippen LogP contribution in [-0.2, 0) is 9.47 Å². The van der Waals surface area contributed by atoms with Crippen LogP contribution in [0.25, 0.3) is 11.1 Å². The van der Waals surface area contributed by atoms with E-state index in [9.17, 15) is 14.9 Å². The lowest BCUT2D eigenvalue weighted by molar-refractivity contribution is 0.0525. The molecule has 0 aromatic heterocycles. The Labute approximate surface area is 158 Å². The number of hydrogen-bond acceptors (Lipinski definition) is 6. The molecule has 27 heavy (non-hydrogen) atoms. The van der Waals surface area contributed by atoms with E-state index in [1.165, 1.54) is 0 Å². The maximum absolute atomic E-state index is 12.8. The quantitative estimate of drug-likeness (QED) is 0.752. The van der Waals surface area contributed by atoms with Crippen LogP contribution in [0, 0.1) is 11.3 Å². The molecule has 140 valence electrons. The van der Waals surface area contributed by atoms with Crippen LogP contribution < -0.4 is 4.90 Å². The van der Waals surface area contributed by atoms with Gasteiger partial charge in [-0.25, -0.2) is 9.59 Å². The highest BCUT2D eigenvalue weighted by Crippen LogP contribution is 2.44. The second kappa shape index (κ2) is 8.09. The van der Waals surface area contributed by atoms with Gasteiger partial charge in [0, 0.05) is 13.1 Å². The zero-order chi connectivity index (χ0) is 19.4. The fraction of sp³-hybridized carbons (Fsp3) is 0.381. The predicted octanol–water partition coefficient (Wildman–Crippen LogP) is 3.62. The van der Waals surface area contributed by atoms with E-state index in [4.69, 9.17) is 9.47 Å². The van der Waals surface area contributed by atoms with E-state index in [0.717, 1.165) is 25.9 Å². The Balaban J connectivity index is 2.33. The summed E-state index contributed by atoms with van der Waals surface area (Å²) in [5.41, 5.74) is 2.97. The van der Waals surface area contributed by atoms with Crippen molar-refractivity contribution in [2.75, 3.05) is 31.2 Å². The molecule has 2 aliphatic carbocycles. The van der Waals surface area contributed by atoms with Crippen molar-refractivity contribution in [3.8, 4) is 17.2 Å². The van der Waals surface area contributed by atoms with Crippen LogP contribution in [0.3, 0.4) is 0 Å². The molecule has 0 unspecified atom stereocenters. The zero-order valence-electron chi connectivity index (χ0n) is 15.6. The fourth-order valence-electron chi connectivity index (χ4n) is 3.55. The first-order chi connectivity index (χ1) is 13.1. The predicted molar refractivity (Wildman–Crippen MR) is 101 cm³/mol. The molecule has 0 aromatic carbocycles. The second-order valence-electron chi connectivity index (χ2n) is 6.29. The molecule has 1 heterocycles. The van der Waals surface area contributed by atoms with Crippen molar-refractivity contribution in [3.63, 3.8) is 0 Å². The number of rotatable bonds is 5. The van der Waals surface area contributed by atoms with Gasteiger partial charge >= 0.3 is 11.9 Å². The van der Waals surface area contributed by atoms with Gasteiger partial charge in [0.15, 0.2) is 0 Å². The molecule has 3 aliphatic rings. The summed E-state index contributed by atoms with van der Waals surface area (Å²) in [5.74, 6) is -0.936. The highest BCUT2D eigenvalue weighted by Gasteiger charge is 2.35. The van der Waals surface area contributed by atoms with Gasteiger partial charge in [-0.2, -0.15) is 5.26 Å². The SMILES string of the molecule is CCOC(=O)c1c2ccc(C#N)ccc-2c(C(=O)OCC)c1N1CCCC1. The monoisotopic (exact) mass is 366 g/mol. The van der Waals surface area contributed by atoms with E-state index in [2.05, 4.69) is 11.0 Å². The van der Waals surface area contributed by atoms with Crippen molar-refractivity contribution in [2.45, 2.75) is 26.7 Å². The number of nitriles is 1. The minimum absolute atomic E-state index is 0.238. The fourth-order valence-corrected chi connectivity index (χ4v) is 3.55. The molecule has 0 radical (unpaired) electrons. The lowest BCUT2D eigenvalue weighted by Crippen LogP contribution is -2.23. The number of fused-ring (bicyclic) bond motifs is 1. The number of anilines is 1. The lowest BCUT2D eigenvalue weighted by Gasteiger charge is -2.20. The number of ether oxygens (including phenoxy) is 2. The molecule has 0 amide bonds. The van der Waals surface area contributed by atoms with Crippen LogP contribution in [-0.4, -0.2) is 38.2 Å². The molecule has 1 saturated heterocycles. The van der Waals surface area contributed by atoms with Crippen LogP contribution >= 0.6 is 0 Å². The summed E-state index contributed by atoms with van der Waals surface area (Å²) in [7, 11) is 0. The van der Waals surface area contributed by atoms with Gasteiger partial charge in [0.1, 0.15) is 0 Å². The highest BCUT2D eigenvalue weighted by molar-refractivity contribution is 6.16. The van der Waals surface area contributed by atoms with Crippen LogP contribution in [0.2, 0.25) is 0 Å². The summed E-state index contributed by atoms with van der Waals surface area (Å²) in [6.45, 7) is 5.51. The minimum atomic E-state index is -0.468. The summed E-state index contributed by atoms with van der Waals surface area (Å²) in [5, 5.41) is 9.20. The molecule has 0 aromatic rings. The normalized spacial score (nSPS) is 13.4. The molecule has 0 atom stereocenters. The summed E-state index contributed by atoms with van der Waals surface area (Å²) in [6, 6.07) is 8.80. The Morgan fingerprint density at radius 3 is 1.85 bits per heavy atom. The largest absolute Gasteiger partial charge is 0.462 e. The van der Waals surface area contributed by atoms with Crippen molar-refractivity contribution in [2.24, 2.45) is 0 Å². The first-order valence-corrected chi connectivity index (χ1v) is 9.21. The first-order valence-electron chi connectivity index (χ1n) is 9.21. The van der Waals surface area contributed by atoms with E-state index in [1.807, 2.05) is 0 Å². The van der Waals surface area contributed by atoms with Gasteiger partial charge in [-0.05, 0) is 49.9 Å².